The summed E-state index contributed by atoms with van der Waals surface area (Å²) in [6, 6.07) is 7.30. The topological polar surface area (TPSA) is 64.3 Å². The van der Waals surface area contributed by atoms with E-state index in [1.165, 1.54) is 12.8 Å². The fraction of sp³-hybridized carbons (Fsp3) is 0.500. The summed E-state index contributed by atoms with van der Waals surface area (Å²) in [7, 11) is 0. The molecule has 0 radical (unpaired) electrons. The molecule has 4 nitrogen and oxygen atoms in total. The molecule has 1 saturated carbocycles. The highest BCUT2D eigenvalue weighted by Gasteiger charge is 2.37. The maximum Gasteiger partial charge on any atom is 0.223 e. The van der Waals surface area contributed by atoms with Crippen LogP contribution in [0.2, 0.25) is 0 Å². The third-order valence-electron chi connectivity index (χ3n) is 3.32. The zero-order chi connectivity index (χ0) is 13.0. The summed E-state index contributed by atoms with van der Waals surface area (Å²) in [4.78, 5) is 11.6. The number of para-hydroxylation sites is 2. The largest absolute Gasteiger partial charge is 0.491 e. The second-order valence-corrected chi connectivity index (χ2v) is 5.22. The zero-order valence-corrected chi connectivity index (χ0v) is 10.7. The van der Waals surface area contributed by atoms with E-state index < -0.39 is 0 Å². The van der Waals surface area contributed by atoms with Crippen LogP contribution in [-0.2, 0) is 4.79 Å². The third-order valence-corrected chi connectivity index (χ3v) is 3.32. The molecule has 1 aromatic rings. The lowest BCUT2D eigenvalue weighted by molar-refractivity contribution is -0.121. The molecule has 0 saturated heterocycles. The summed E-state index contributed by atoms with van der Waals surface area (Å²) in [6.45, 7) is 3.32. The van der Waals surface area contributed by atoms with Gasteiger partial charge >= 0.3 is 0 Å². The first kappa shape index (κ1) is 12.7. The maximum atomic E-state index is 11.6. The van der Waals surface area contributed by atoms with Crippen LogP contribution in [0.5, 0.6) is 5.75 Å². The van der Waals surface area contributed by atoms with E-state index in [0.717, 1.165) is 6.54 Å². The number of ether oxygens (including phenoxy) is 1. The Morgan fingerprint density at radius 2 is 2.17 bits per heavy atom. The lowest BCUT2D eigenvalue weighted by Gasteiger charge is -2.11. The molecule has 0 bridgehead atoms. The molecular formula is C14H20N2O2. The normalized spacial score (nSPS) is 16.1. The molecule has 2 rings (SSSR count). The molecule has 18 heavy (non-hydrogen) atoms. The van der Waals surface area contributed by atoms with Gasteiger partial charge in [0.25, 0.3) is 0 Å². The molecule has 0 unspecified atom stereocenters. The Labute approximate surface area is 108 Å². The number of rotatable bonds is 6. The molecule has 1 amide bonds. The van der Waals surface area contributed by atoms with Crippen LogP contribution in [0.1, 0.15) is 26.2 Å². The van der Waals surface area contributed by atoms with Gasteiger partial charge in [0.05, 0.1) is 18.7 Å². The van der Waals surface area contributed by atoms with Gasteiger partial charge in [-0.1, -0.05) is 19.1 Å². The molecule has 0 spiro atoms. The molecule has 3 N–H and O–H groups in total. The molecule has 4 heteroatoms. The average molecular weight is 248 g/mol. The second-order valence-electron chi connectivity index (χ2n) is 5.22. The van der Waals surface area contributed by atoms with Crippen LogP contribution in [0.15, 0.2) is 24.3 Å². The Morgan fingerprint density at radius 1 is 1.44 bits per heavy atom. The summed E-state index contributed by atoms with van der Waals surface area (Å²) in [5.74, 6) is 0.678. The third kappa shape index (κ3) is 3.65. The van der Waals surface area contributed by atoms with Crippen molar-refractivity contribution >= 4 is 11.6 Å². The van der Waals surface area contributed by atoms with Crippen molar-refractivity contribution in [1.29, 1.82) is 0 Å². The van der Waals surface area contributed by atoms with Crippen LogP contribution in [0.3, 0.4) is 0 Å². The minimum absolute atomic E-state index is 0.0395. The number of hydrogen-bond donors (Lipinski definition) is 2. The number of benzene rings is 1. The first-order valence-electron chi connectivity index (χ1n) is 6.33. The molecule has 1 fully saturated rings. The number of carbonyl (C=O) groups excluding carboxylic acids is 1. The van der Waals surface area contributed by atoms with Gasteiger partial charge in [0.1, 0.15) is 5.75 Å². The Balaban J connectivity index is 1.65. The van der Waals surface area contributed by atoms with Gasteiger partial charge in [-0.3, -0.25) is 4.79 Å². The van der Waals surface area contributed by atoms with E-state index in [1.807, 2.05) is 12.1 Å². The van der Waals surface area contributed by atoms with Gasteiger partial charge in [-0.25, -0.2) is 0 Å². The maximum absolute atomic E-state index is 11.6. The van der Waals surface area contributed by atoms with Crippen molar-refractivity contribution in [1.82, 2.24) is 5.32 Å². The van der Waals surface area contributed by atoms with E-state index in [9.17, 15) is 4.79 Å². The molecule has 0 aromatic heterocycles. The van der Waals surface area contributed by atoms with Gasteiger partial charge in [-0.05, 0) is 30.4 Å². The fourth-order valence-electron chi connectivity index (χ4n) is 1.66. The van der Waals surface area contributed by atoms with E-state index in [2.05, 4.69) is 12.2 Å². The summed E-state index contributed by atoms with van der Waals surface area (Å²) in [5.41, 5.74) is 6.68. The lowest BCUT2D eigenvalue weighted by atomic mass is 10.1. The predicted octanol–water partition coefficient (Wildman–Crippen LogP) is 1.95. The highest BCUT2D eigenvalue weighted by Crippen LogP contribution is 2.43. The van der Waals surface area contributed by atoms with E-state index in [0.29, 0.717) is 29.9 Å². The number of nitrogens with two attached hydrogens (primary N) is 1. The molecule has 1 aliphatic carbocycles. The van der Waals surface area contributed by atoms with Crippen LogP contribution < -0.4 is 15.8 Å². The van der Waals surface area contributed by atoms with Crippen molar-refractivity contribution < 1.29 is 9.53 Å². The van der Waals surface area contributed by atoms with E-state index in [-0.39, 0.29) is 5.91 Å². The highest BCUT2D eigenvalue weighted by atomic mass is 16.5. The van der Waals surface area contributed by atoms with Gasteiger partial charge in [0, 0.05) is 6.54 Å². The molecule has 98 valence electrons. The number of nitrogens with one attached hydrogen (secondary N) is 1. The summed E-state index contributed by atoms with van der Waals surface area (Å²) >= 11 is 0. The van der Waals surface area contributed by atoms with Gasteiger partial charge < -0.3 is 15.8 Å². The Hall–Kier alpha value is -1.71. The van der Waals surface area contributed by atoms with Gasteiger partial charge in [-0.2, -0.15) is 0 Å². The van der Waals surface area contributed by atoms with E-state index >= 15 is 0 Å². The minimum Gasteiger partial charge on any atom is -0.491 e. The number of hydrogen-bond acceptors (Lipinski definition) is 3. The zero-order valence-electron chi connectivity index (χ0n) is 10.7. The quantitative estimate of drug-likeness (QED) is 0.756. The van der Waals surface area contributed by atoms with Crippen molar-refractivity contribution in [3.63, 3.8) is 0 Å². The number of amides is 1. The van der Waals surface area contributed by atoms with Crippen LogP contribution in [-0.4, -0.2) is 19.1 Å². The average Bonchev–Trinajstić information content (AvgIpc) is 3.08. The number of nitrogen functional groups attached to an aromatic ring is 1. The molecule has 1 aromatic carbocycles. The van der Waals surface area contributed by atoms with Crippen LogP contribution in [0.25, 0.3) is 0 Å². The lowest BCUT2D eigenvalue weighted by Crippen LogP contribution is -2.29. The van der Waals surface area contributed by atoms with Crippen molar-refractivity contribution in [3.8, 4) is 5.75 Å². The van der Waals surface area contributed by atoms with Gasteiger partial charge in [0.15, 0.2) is 0 Å². The first-order valence-corrected chi connectivity index (χ1v) is 6.33. The monoisotopic (exact) mass is 248 g/mol. The van der Waals surface area contributed by atoms with E-state index in [4.69, 9.17) is 10.5 Å². The standard InChI is InChI=1S/C14H20N2O2/c1-14(7-8-14)10-16-13(17)6-9-18-12-5-3-2-4-11(12)15/h2-5H,6-10,15H2,1H3,(H,16,17). The SMILES string of the molecule is CC1(CNC(=O)CCOc2ccccc2N)CC1. The van der Waals surface area contributed by atoms with Crippen molar-refractivity contribution in [3.05, 3.63) is 24.3 Å². The van der Waals surface area contributed by atoms with Gasteiger partial charge in [-0.15, -0.1) is 0 Å². The summed E-state index contributed by atoms with van der Waals surface area (Å²) in [6.07, 6.45) is 2.79. The summed E-state index contributed by atoms with van der Waals surface area (Å²) in [5, 5.41) is 2.94. The first-order chi connectivity index (χ1) is 8.59. The van der Waals surface area contributed by atoms with Crippen molar-refractivity contribution in [2.45, 2.75) is 26.2 Å². The molecule has 0 atom stereocenters. The van der Waals surface area contributed by atoms with Crippen LogP contribution in [0.4, 0.5) is 5.69 Å². The predicted molar refractivity (Wildman–Crippen MR) is 71.3 cm³/mol. The molecule has 1 aliphatic rings. The Morgan fingerprint density at radius 3 is 2.83 bits per heavy atom. The van der Waals surface area contributed by atoms with Crippen LogP contribution >= 0.6 is 0 Å². The van der Waals surface area contributed by atoms with E-state index in [1.54, 1.807) is 12.1 Å². The highest BCUT2D eigenvalue weighted by molar-refractivity contribution is 5.76. The van der Waals surface area contributed by atoms with Crippen LogP contribution in [0, 0.1) is 5.41 Å². The van der Waals surface area contributed by atoms with Gasteiger partial charge in [0.2, 0.25) is 5.91 Å². The van der Waals surface area contributed by atoms with Crippen molar-refractivity contribution in [2.75, 3.05) is 18.9 Å². The molecule has 0 aliphatic heterocycles. The second kappa shape index (κ2) is 5.29. The summed E-state index contributed by atoms with van der Waals surface area (Å²) < 4.78 is 5.47. The Bertz CT molecular complexity index is 428. The molecule has 0 heterocycles. The Kier molecular flexibility index (Phi) is 3.75. The fourth-order valence-corrected chi connectivity index (χ4v) is 1.66. The minimum atomic E-state index is 0.0395. The molecular weight excluding hydrogens is 228 g/mol. The number of anilines is 1. The van der Waals surface area contributed by atoms with Crippen molar-refractivity contribution in [2.24, 2.45) is 5.41 Å². The number of carbonyl (C=O) groups is 1. The smallest absolute Gasteiger partial charge is 0.223 e.